The summed E-state index contributed by atoms with van der Waals surface area (Å²) < 4.78 is 2.21. The number of thiocarbonyl (C=S) groups is 1. The van der Waals surface area contributed by atoms with E-state index in [1.54, 1.807) is 0 Å². The number of pyridine rings is 1. The normalized spacial score (nSPS) is 11.1. The first kappa shape index (κ1) is 20.2. The van der Waals surface area contributed by atoms with E-state index in [9.17, 15) is 4.79 Å². The van der Waals surface area contributed by atoms with E-state index >= 15 is 0 Å². The molecule has 5 nitrogen and oxygen atoms in total. The molecule has 2 aromatic heterocycles. The van der Waals surface area contributed by atoms with Gasteiger partial charge in [0.2, 0.25) is 0 Å². The number of aryl methyl sites for hydroxylation is 2. The zero-order valence-corrected chi connectivity index (χ0v) is 18.1. The molecule has 2 heterocycles. The van der Waals surface area contributed by atoms with Crippen molar-refractivity contribution in [2.24, 2.45) is 0 Å². The van der Waals surface area contributed by atoms with Crippen molar-refractivity contribution in [3.05, 3.63) is 81.8 Å². The fourth-order valence-electron chi connectivity index (χ4n) is 3.75. The Labute approximate surface area is 181 Å². The molecule has 0 bridgehead atoms. The average molecular weight is 419 g/mol. The number of hydrogen-bond donors (Lipinski definition) is 3. The minimum Gasteiger partial charge on any atom is -0.362 e. The van der Waals surface area contributed by atoms with E-state index in [4.69, 9.17) is 12.2 Å². The maximum Gasteiger partial charge on any atom is 0.251 e. The number of fused-ring (bicyclic) bond motifs is 2. The Kier molecular flexibility index (Phi) is 5.86. The average Bonchev–Trinajstić information content (AvgIpc) is 3.15. The van der Waals surface area contributed by atoms with Crippen molar-refractivity contribution < 1.29 is 0 Å². The van der Waals surface area contributed by atoms with Crippen LogP contribution < -0.4 is 16.2 Å². The zero-order chi connectivity index (χ0) is 21.1. The summed E-state index contributed by atoms with van der Waals surface area (Å²) in [6.07, 6.45) is 2.71. The Hall–Kier alpha value is -3.12. The summed E-state index contributed by atoms with van der Waals surface area (Å²) in [6.45, 7) is 6.27. The zero-order valence-electron chi connectivity index (χ0n) is 17.3. The molecule has 0 amide bonds. The predicted octanol–water partition coefficient (Wildman–Crippen LogP) is 3.81. The molecule has 2 aromatic carbocycles. The number of aromatic amines is 1. The fraction of sp³-hybridized carbons (Fsp3) is 0.250. The van der Waals surface area contributed by atoms with Crippen molar-refractivity contribution in [1.82, 2.24) is 20.2 Å². The largest absolute Gasteiger partial charge is 0.362 e. The SMILES string of the molecule is Cc1ccc2cc(CCNC(=S)NCCn3ccc4ccccc43)c(=O)[nH]c2c1C. The molecule has 0 atom stereocenters. The van der Waals surface area contributed by atoms with Gasteiger partial charge in [0.25, 0.3) is 5.56 Å². The lowest BCUT2D eigenvalue weighted by atomic mass is 10.0. The highest BCUT2D eigenvalue weighted by Gasteiger charge is 2.07. The smallest absolute Gasteiger partial charge is 0.251 e. The van der Waals surface area contributed by atoms with Gasteiger partial charge in [-0.2, -0.15) is 0 Å². The molecule has 0 fully saturated rings. The number of nitrogens with zero attached hydrogens (tertiary/aromatic N) is 1. The highest BCUT2D eigenvalue weighted by Crippen LogP contribution is 2.19. The first-order chi connectivity index (χ1) is 14.5. The van der Waals surface area contributed by atoms with Crippen molar-refractivity contribution in [1.29, 1.82) is 0 Å². The second-order valence-corrected chi connectivity index (χ2v) is 8.00. The van der Waals surface area contributed by atoms with Crippen LogP contribution in [0.15, 0.2) is 59.5 Å². The minimum atomic E-state index is -0.0311. The lowest BCUT2D eigenvalue weighted by Crippen LogP contribution is -2.38. The molecule has 30 heavy (non-hydrogen) atoms. The fourth-order valence-corrected chi connectivity index (χ4v) is 3.96. The van der Waals surface area contributed by atoms with E-state index < -0.39 is 0 Å². The number of nitrogens with one attached hydrogen (secondary N) is 3. The molecule has 0 unspecified atom stereocenters. The van der Waals surface area contributed by atoms with Gasteiger partial charge >= 0.3 is 0 Å². The third-order valence-electron chi connectivity index (χ3n) is 5.63. The van der Waals surface area contributed by atoms with Gasteiger partial charge in [0.15, 0.2) is 5.11 Å². The molecule has 0 aliphatic carbocycles. The lowest BCUT2D eigenvalue weighted by molar-refractivity contribution is 0.686. The number of hydrogen-bond acceptors (Lipinski definition) is 2. The van der Waals surface area contributed by atoms with E-state index in [0.717, 1.165) is 35.1 Å². The van der Waals surface area contributed by atoms with Crippen molar-refractivity contribution in [2.45, 2.75) is 26.8 Å². The molecule has 0 saturated carbocycles. The molecule has 0 aliphatic rings. The summed E-state index contributed by atoms with van der Waals surface area (Å²) in [6, 6.07) is 16.6. The summed E-state index contributed by atoms with van der Waals surface area (Å²) in [5, 5.41) is 9.35. The van der Waals surface area contributed by atoms with Gasteiger partial charge in [0.1, 0.15) is 0 Å². The van der Waals surface area contributed by atoms with E-state index in [2.05, 4.69) is 69.7 Å². The second-order valence-electron chi connectivity index (χ2n) is 7.60. The molecular formula is C24H26N4OS. The molecular weight excluding hydrogens is 392 g/mol. The highest BCUT2D eigenvalue weighted by molar-refractivity contribution is 7.80. The molecule has 0 aliphatic heterocycles. The Morgan fingerprint density at radius 1 is 1.03 bits per heavy atom. The molecule has 154 valence electrons. The maximum atomic E-state index is 12.4. The third-order valence-corrected chi connectivity index (χ3v) is 5.92. The molecule has 6 heteroatoms. The quantitative estimate of drug-likeness (QED) is 0.417. The molecule has 4 rings (SSSR count). The van der Waals surface area contributed by atoms with Crippen LogP contribution in [0.4, 0.5) is 0 Å². The summed E-state index contributed by atoms with van der Waals surface area (Å²) in [5.41, 5.74) is 5.17. The summed E-state index contributed by atoms with van der Waals surface area (Å²) >= 11 is 5.38. The summed E-state index contributed by atoms with van der Waals surface area (Å²) in [4.78, 5) is 15.5. The first-order valence-corrected chi connectivity index (χ1v) is 10.6. The van der Waals surface area contributed by atoms with Crippen LogP contribution in [0.1, 0.15) is 16.7 Å². The standard InChI is InChI=1S/C24H26N4OS/c1-16-7-8-19-15-20(23(29)27-22(19)17(16)2)9-11-25-24(30)26-12-14-28-13-10-18-5-3-4-6-21(18)28/h3-8,10,13,15H,9,11-12,14H2,1-2H3,(H,27,29)(H2,25,26,30). The predicted molar refractivity (Wildman–Crippen MR) is 128 cm³/mol. The van der Waals surface area contributed by atoms with E-state index in [1.165, 1.54) is 16.5 Å². The van der Waals surface area contributed by atoms with E-state index in [-0.39, 0.29) is 5.56 Å². The van der Waals surface area contributed by atoms with Gasteiger partial charge in [-0.05, 0) is 72.6 Å². The van der Waals surface area contributed by atoms with Crippen molar-refractivity contribution in [3.63, 3.8) is 0 Å². The molecule has 0 radical (unpaired) electrons. The number of para-hydroxylation sites is 1. The number of benzene rings is 2. The molecule has 3 N–H and O–H groups in total. The van der Waals surface area contributed by atoms with Crippen LogP contribution in [0.5, 0.6) is 0 Å². The van der Waals surface area contributed by atoms with Crippen LogP contribution in [-0.2, 0) is 13.0 Å². The van der Waals surface area contributed by atoms with E-state index in [1.807, 2.05) is 19.1 Å². The highest BCUT2D eigenvalue weighted by atomic mass is 32.1. The third kappa shape index (κ3) is 4.24. The molecule has 0 spiro atoms. The van der Waals surface area contributed by atoms with Crippen molar-refractivity contribution >= 4 is 39.1 Å². The van der Waals surface area contributed by atoms with Gasteiger partial charge in [-0.25, -0.2) is 0 Å². The van der Waals surface area contributed by atoms with Crippen LogP contribution in [0.2, 0.25) is 0 Å². The Bertz CT molecular complexity index is 1270. The minimum absolute atomic E-state index is 0.0311. The Morgan fingerprint density at radius 2 is 1.83 bits per heavy atom. The molecule has 0 saturated heterocycles. The molecule has 4 aromatic rings. The first-order valence-electron chi connectivity index (χ1n) is 10.2. The van der Waals surface area contributed by atoms with Gasteiger partial charge in [-0.1, -0.05) is 30.3 Å². The second kappa shape index (κ2) is 8.71. The van der Waals surface area contributed by atoms with Crippen molar-refractivity contribution in [3.8, 4) is 0 Å². The monoisotopic (exact) mass is 418 g/mol. The van der Waals surface area contributed by atoms with Gasteiger partial charge in [0, 0.05) is 36.9 Å². The van der Waals surface area contributed by atoms with E-state index in [0.29, 0.717) is 18.1 Å². The van der Waals surface area contributed by atoms with Crippen LogP contribution in [0.3, 0.4) is 0 Å². The van der Waals surface area contributed by atoms with Crippen LogP contribution in [0, 0.1) is 13.8 Å². The Morgan fingerprint density at radius 3 is 2.70 bits per heavy atom. The van der Waals surface area contributed by atoms with Gasteiger partial charge < -0.3 is 20.2 Å². The Balaban J connectivity index is 1.29. The van der Waals surface area contributed by atoms with Crippen LogP contribution >= 0.6 is 12.2 Å². The van der Waals surface area contributed by atoms with Gasteiger partial charge in [0.05, 0.1) is 5.52 Å². The maximum absolute atomic E-state index is 12.4. The van der Waals surface area contributed by atoms with Crippen LogP contribution in [0.25, 0.3) is 21.8 Å². The number of aromatic nitrogens is 2. The van der Waals surface area contributed by atoms with Gasteiger partial charge in [-0.3, -0.25) is 4.79 Å². The van der Waals surface area contributed by atoms with Gasteiger partial charge in [-0.15, -0.1) is 0 Å². The summed E-state index contributed by atoms with van der Waals surface area (Å²) in [7, 11) is 0. The lowest BCUT2D eigenvalue weighted by Gasteiger charge is -2.12. The van der Waals surface area contributed by atoms with Crippen LogP contribution in [-0.4, -0.2) is 27.8 Å². The van der Waals surface area contributed by atoms with Crippen molar-refractivity contribution in [2.75, 3.05) is 13.1 Å². The topological polar surface area (TPSA) is 61.9 Å². The summed E-state index contributed by atoms with van der Waals surface area (Å²) in [5.74, 6) is 0. The number of H-pyrrole nitrogens is 1. The number of rotatable bonds is 6.